The van der Waals surface area contributed by atoms with E-state index in [0.717, 1.165) is 51.5 Å². The lowest BCUT2D eigenvalue weighted by Gasteiger charge is -2.49. The molecule has 1 atom stereocenters. The normalized spacial score (nSPS) is 29.4. The highest BCUT2D eigenvalue weighted by molar-refractivity contribution is 5.76. The smallest absolute Gasteiger partial charge is 0.240 e. The molecule has 0 aromatic carbocycles. The van der Waals surface area contributed by atoms with Gasteiger partial charge in [-0.3, -0.25) is 14.6 Å². The van der Waals surface area contributed by atoms with Crippen LogP contribution < -0.4 is 0 Å². The van der Waals surface area contributed by atoms with Crippen LogP contribution in [0, 0.1) is 12.8 Å². The molecule has 4 rings (SSSR count). The minimum atomic E-state index is 0.0846. The van der Waals surface area contributed by atoms with Gasteiger partial charge in [0, 0.05) is 44.7 Å². The molecule has 1 amide bonds. The molecule has 3 fully saturated rings. The Morgan fingerprint density at radius 2 is 2.08 bits per heavy atom. The number of amides is 1. The van der Waals surface area contributed by atoms with Crippen molar-refractivity contribution in [2.24, 2.45) is 5.92 Å². The van der Waals surface area contributed by atoms with Gasteiger partial charge in [0.05, 0.1) is 6.54 Å². The van der Waals surface area contributed by atoms with Crippen LogP contribution in [0.2, 0.25) is 0 Å². The third kappa shape index (κ3) is 3.72. The second-order valence-corrected chi connectivity index (χ2v) is 8.13. The second-order valence-electron chi connectivity index (χ2n) is 8.13. The average Bonchev–Trinajstić information content (AvgIpc) is 3.34. The minimum Gasteiger partial charge on any atom is -0.342 e. The van der Waals surface area contributed by atoms with Gasteiger partial charge in [0.25, 0.3) is 0 Å². The summed E-state index contributed by atoms with van der Waals surface area (Å²) in [5, 5.41) is 3.89. The number of likely N-dealkylation sites (N-methyl/N-ethyl adjacent to an activating group) is 1. The first kappa shape index (κ1) is 17.0. The van der Waals surface area contributed by atoms with E-state index in [4.69, 9.17) is 4.52 Å². The number of likely N-dealkylation sites (tertiary alicyclic amines) is 1. The summed E-state index contributed by atoms with van der Waals surface area (Å²) in [6.07, 6.45) is 5.27. The fourth-order valence-corrected chi connectivity index (χ4v) is 4.31. The van der Waals surface area contributed by atoms with E-state index in [1.165, 1.54) is 12.8 Å². The van der Waals surface area contributed by atoms with Crippen molar-refractivity contribution in [2.45, 2.75) is 51.1 Å². The molecule has 2 aliphatic heterocycles. The monoisotopic (exact) mass is 347 g/mol. The Balaban J connectivity index is 1.43. The van der Waals surface area contributed by atoms with Crippen LogP contribution >= 0.6 is 0 Å². The quantitative estimate of drug-likeness (QED) is 0.818. The fraction of sp³-hybridized carbons (Fsp3) is 0.833. The maximum atomic E-state index is 12.5. The molecule has 0 bridgehead atoms. The van der Waals surface area contributed by atoms with Gasteiger partial charge in [0.15, 0.2) is 5.82 Å². The Morgan fingerprint density at radius 3 is 2.80 bits per heavy atom. The van der Waals surface area contributed by atoms with E-state index in [2.05, 4.69) is 31.9 Å². The molecule has 25 heavy (non-hydrogen) atoms. The molecule has 0 radical (unpaired) electrons. The average molecular weight is 347 g/mol. The van der Waals surface area contributed by atoms with E-state index < -0.39 is 0 Å². The molecule has 0 N–H and O–H groups in total. The van der Waals surface area contributed by atoms with Gasteiger partial charge in [-0.25, -0.2) is 0 Å². The number of hydrogen-bond donors (Lipinski definition) is 0. The maximum absolute atomic E-state index is 12.5. The maximum Gasteiger partial charge on any atom is 0.240 e. The first-order valence-corrected chi connectivity index (χ1v) is 9.55. The highest BCUT2D eigenvalue weighted by Gasteiger charge is 2.43. The lowest BCUT2D eigenvalue weighted by Crippen LogP contribution is -2.60. The van der Waals surface area contributed by atoms with E-state index in [1.807, 2.05) is 6.92 Å². The van der Waals surface area contributed by atoms with E-state index in [0.29, 0.717) is 30.6 Å². The van der Waals surface area contributed by atoms with Crippen LogP contribution in [0.1, 0.15) is 43.8 Å². The SMILES string of the molecule is Cc1noc(CN2CCN(C)C3(CCC(=O)N(CC4CC4)CC3)C2)n1. The van der Waals surface area contributed by atoms with E-state index in [1.54, 1.807) is 0 Å². The summed E-state index contributed by atoms with van der Waals surface area (Å²) in [4.78, 5) is 23.9. The largest absolute Gasteiger partial charge is 0.342 e. The summed E-state index contributed by atoms with van der Waals surface area (Å²) < 4.78 is 5.30. The Morgan fingerprint density at radius 1 is 1.24 bits per heavy atom. The minimum absolute atomic E-state index is 0.0846. The van der Waals surface area contributed by atoms with Crippen molar-refractivity contribution in [1.82, 2.24) is 24.8 Å². The van der Waals surface area contributed by atoms with Crippen molar-refractivity contribution in [2.75, 3.05) is 39.8 Å². The number of piperazine rings is 1. The first-order chi connectivity index (χ1) is 12.0. The van der Waals surface area contributed by atoms with E-state index >= 15 is 0 Å². The summed E-state index contributed by atoms with van der Waals surface area (Å²) in [7, 11) is 2.22. The Hall–Kier alpha value is -1.47. The highest BCUT2D eigenvalue weighted by Crippen LogP contribution is 2.35. The van der Waals surface area contributed by atoms with E-state index in [-0.39, 0.29) is 5.54 Å². The topological polar surface area (TPSA) is 65.7 Å². The van der Waals surface area contributed by atoms with Crippen molar-refractivity contribution in [3.05, 3.63) is 11.7 Å². The molecule has 3 heterocycles. The van der Waals surface area contributed by atoms with Crippen molar-refractivity contribution in [1.29, 1.82) is 0 Å². The second kappa shape index (κ2) is 6.68. The molecule has 1 aliphatic carbocycles. The molecular formula is C18H29N5O2. The Labute approximate surface area is 149 Å². The van der Waals surface area contributed by atoms with Gasteiger partial charge in [0.2, 0.25) is 11.8 Å². The first-order valence-electron chi connectivity index (χ1n) is 9.55. The number of carbonyl (C=O) groups excluding carboxylic acids is 1. The number of aromatic nitrogens is 2. The third-order valence-electron chi connectivity index (χ3n) is 6.19. The zero-order chi connectivity index (χ0) is 17.4. The molecule has 7 heteroatoms. The van der Waals surface area contributed by atoms with Gasteiger partial charge in [-0.2, -0.15) is 4.98 Å². The van der Waals surface area contributed by atoms with Gasteiger partial charge >= 0.3 is 0 Å². The molecule has 1 saturated carbocycles. The van der Waals surface area contributed by atoms with Crippen LogP contribution in [0.5, 0.6) is 0 Å². The van der Waals surface area contributed by atoms with Crippen molar-refractivity contribution in [3.63, 3.8) is 0 Å². The van der Waals surface area contributed by atoms with Crippen LogP contribution in [0.25, 0.3) is 0 Å². The zero-order valence-electron chi connectivity index (χ0n) is 15.4. The van der Waals surface area contributed by atoms with Gasteiger partial charge < -0.3 is 9.42 Å². The summed E-state index contributed by atoms with van der Waals surface area (Å²) in [5.74, 6) is 2.49. The standard InChI is InChI=1S/C18H29N5O2/c1-14-19-16(25-20-14)12-22-10-9-21(2)18(13-22)6-5-17(24)23(8-7-18)11-15-3-4-15/h15H,3-13H2,1-2H3. The predicted molar refractivity (Wildman–Crippen MR) is 92.8 cm³/mol. The lowest BCUT2D eigenvalue weighted by molar-refractivity contribution is -0.131. The molecular weight excluding hydrogens is 318 g/mol. The number of hydrogen-bond acceptors (Lipinski definition) is 6. The lowest BCUT2D eigenvalue weighted by atomic mass is 9.86. The summed E-state index contributed by atoms with van der Waals surface area (Å²) in [6.45, 7) is 7.41. The number of carbonyl (C=O) groups is 1. The summed E-state index contributed by atoms with van der Waals surface area (Å²) in [6, 6.07) is 0. The molecule has 138 valence electrons. The number of aryl methyl sites for hydroxylation is 1. The molecule has 2 saturated heterocycles. The van der Waals surface area contributed by atoms with Crippen molar-refractivity contribution >= 4 is 5.91 Å². The van der Waals surface area contributed by atoms with Gasteiger partial charge in [-0.15, -0.1) is 0 Å². The molecule has 1 unspecified atom stereocenters. The van der Waals surface area contributed by atoms with Crippen molar-refractivity contribution in [3.8, 4) is 0 Å². The van der Waals surface area contributed by atoms with Crippen LogP contribution in [0.4, 0.5) is 0 Å². The van der Waals surface area contributed by atoms with Gasteiger partial charge in [-0.1, -0.05) is 5.16 Å². The Kier molecular flexibility index (Phi) is 4.54. The predicted octanol–water partition coefficient (Wildman–Crippen LogP) is 1.29. The van der Waals surface area contributed by atoms with Crippen LogP contribution in [0.3, 0.4) is 0 Å². The Bertz CT molecular complexity index is 629. The van der Waals surface area contributed by atoms with Crippen LogP contribution in [0.15, 0.2) is 4.52 Å². The van der Waals surface area contributed by atoms with Crippen LogP contribution in [-0.2, 0) is 11.3 Å². The molecule has 3 aliphatic rings. The molecule has 1 spiro atoms. The third-order valence-corrected chi connectivity index (χ3v) is 6.19. The highest BCUT2D eigenvalue weighted by atomic mass is 16.5. The molecule has 1 aromatic heterocycles. The number of rotatable bonds is 4. The molecule has 1 aromatic rings. The van der Waals surface area contributed by atoms with Crippen LogP contribution in [-0.4, -0.2) is 76.1 Å². The summed E-state index contributed by atoms with van der Waals surface area (Å²) in [5.41, 5.74) is 0.0846. The van der Waals surface area contributed by atoms with E-state index in [9.17, 15) is 4.79 Å². The fourth-order valence-electron chi connectivity index (χ4n) is 4.31. The van der Waals surface area contributed by atoms with Gasteiger partial charge in [-0.05, 0) is 45.6 Å². The summed E-state index contributed by atoms with van der Waals surface area (Å²) >= 11 is 0. The number of nitrogens with zero attached hydrogens (tertiary/aromatic N) is 5. The zero-order valence-corrected chi connectivity index (χ0v) is 15.4. The molecule has 7 nitrogen and oxygen atoms in total. The van der Waals surface area contributed by atoms with Gasteiger partial charge in [0.1, 0.15) is 0 Å². The van der Waals surface area contributed by atoms with Crippen molar-refractivity contribution < 1.29 is 9.32 Å².